The van der Waals surface area contributed by atoms with Gasteiger partial charge in [0.05, 0.1) is 0 Å². The normalized spacial score (nSPS) is 14.8. The highest BCUT2D eigenvalue weighted by Gasteiger charge is 2.12. The summed E-state index contributed by atoms with van der Waals surface area (Å²) in [5.74, 6) is -0.208. The van der Waals surface area contributed by atoms with Crippen LogP contribution >= 0.6 is 0 Å². The van der Waals surface area contributed by atoms with Crippen LogP contribution in [-0.4, -0.2) is 24.0 Å². The van der Waals surface area contributed by atoms with E-state index in [0.717, 1.165) is 31.5 Å². The van der Waals surface area contributed by atoms with E-state index < -0.39 is 0 Å². The van der Waals surface area contributed by atoms with Crippen molar-refractivity contribution in [3.8, 4) is 0 Å². The first kappa shape index (κ1) is 15.1. The SMILES string of the molecule is CCC(C)N(CC)CCC(N)c1ccc(F)cc1. The molecule has 18 heavy (non-hydrogen) atoms. The second-order valence-corrected chi connectivity index (χ2v) is 4.83. The van der Waals surface area contributed by atoms with Crippen LogP contribution in [0.15, 0.2) is 24.3 Å². The summed E-state index contributed by atoms with van der Waals surface area (Å²) in [6.45, 7) is 8.66. The van der Waals surface area contributed by atoms with Crippen molar-refractivity contribution in [3.05, 3.63) is 35.6 Å². The molecule has 0 bridgehead atoms. The van der Waals surface area contributed by atoms with Gasteiger partial charge in [0, 0.05) is 18.6 Å². The Labute approximate surface area is 110 Å². The lowest BCUT2D eigenvalue weighted by Gasteiger charge is -2.28. The van der Waals surface area contributed by atoms with Gasteiger partial charge >= 0.3 is 0 Å². The summed E-state index contributed by atoms with van der Waals surface area (Å²) in [7, 11) is 0. The molecule has 0 amide bonds. The van der Waals surface area contributed by atoms with E-state index in [1.807, 2.05) is 0 Å². The number of benzene rings is 1. The molecule has 1 rings (SSSR count). The molecule has 0 radical (unpaired) electrons. The average molecular weight is 252 g/mol. The molecule has 0 fully saturated rings. The monoisotopic (exact) mass is 252 g/mol. The molecular weight excluding hydrogens is 227 g/mol. The van der Waals surface area contributed by atoms with Gasteiger partial charge in [-0.25, -0.2) is 4.39 Å². The lowest BCUT2D eigenvalue weighted by molar-refractivity contribution is 0.207. The third kappa shape index (κ3) is 4.39. The minimum atomic E-state index is -0.208. The molecule has 3 heteroatoms. The number of hydrogen-bond acceptors (Lipinski definition) is 2. The highest BCUT2D eigenvalue weighted by molar-refractivity contribution is 5.19. The van der Waals surface area contributed by atoms with E-state index in [2.05, 4.69) is 25.7 Å². The van der Waals surface area contributed by atoms with E-state index in [0.29, 0.717) is 6.04 Å². The van der Waals surface area contributed by atoms with E-state index in [-0.39, 0.29) is 11.9 Å². The van der Waals surface area contributed by atoms with Gasteiger partial charge in [0.25, 0.3) is 0 Å². The zero-order valence-corrected chi connectivity index (χ0v) is 11.7. The summed E-state index contributed by atoms with van der Waals surface area (Å²) in [5.41, 5.74) is 7.15. The fourth-order valence-electron chi connectivity index (χ4n) is 2.13. The van der Waals surface area contributed by atoms with Gasteiger partial charge in [0.1, 0.15) is 5.82 Å². The number of halogens is 1. The topological polar surface area (TPSA) is 29.3 Å². The zero-order chi connectivity index (χ0) is 13.5. The molecule has 102 valence electrons. The van der Waals surface area contributed by atoms with Crippen LogP contribution in [0, 0.1) is 5.82 Å². The van der Waals surface area contributed by atoms with Crippen molar-refractivity contribution < 1.29 is 4.39 Å². The molecule has 1 aromatic carbocycles. The Morgan fingerprint density at radius 1 is 1.22 bits per heavy atom. The number of nitrogens with two attached hydrogens (primary N) is 1. The van der Waals surface area contributed by atoms with Gasteiger partial charge in [-0.3, -0.25) is 0 Å². The van der Waals surface area contributed by atoms with Gasteiger partial charge < -0.3 is 10.6 Å². The molecule has 0 spiro atoms. The first-order chi connectivity index (χ1) is 8.58. The van der Waals surface area contributed by atoms with E-state index in [1.165, 1.54) is 12.1 Å². The van der Waals surface area contributed by atoms with Gasteiger partial charge in [0.15, 0.2) is 0 Å². The van der Waals surface area contributed by atoms with Crippen LogP contribution in [-0.2, 0) is 0 Å². The second kappa shape index (κ2) is 7.49. The molecule has 0 saturated heterocycles. The number of rotatable bonds is 7. The Morgan fingerprint density at radius 3 is 2.33 bits per heavy atom. The van der Waals surface area contributed by atoms with Gasteiger partial charge in [0.2, 0.25) is 0 Å². The quantitative estimate of drug-likeness (QED) is 0.806. The van der Waals surface area contributed by atoms with Gasteiger partial charge in [-0.15, -0.1) is 0 Å². The van der Waals surface area contributed by atoms with Crippen LogP contribution in [0.25, 0.3) is 0 Å². The maximum absolute atomic E-state index is 12.8. The van der Waals surface area contributed by atoms with Gasteiger partial charge in [-0.05, 0) is 44.0 Å². The zero-order valence-electron chi connectivity index (χ0n) is 11.7. The minimum absolute atomic E-state index is 0.0105. The molecule has 1 aromatic rings. The Hall–Kier alpha value is -0.930. The van der Waals surface area contributed by atoms with E-state index in [1.54, 1.807) is 12.1 Å². The molecule has 0 aromatic heterocycles. The molecule has 0 aliphatic heterocycles. The predicted molar refractivity (Wildman–Crippen MR) is 74.9 cm³/mol. The molecule has 2 atom stereocenters. The maximum Gasteiger partial charge on any atom is 0.123 e. The van der Waals surface area contributed by atoms with Crippen LogP contribution in [0.1, 0.15) is 45.2 Å². The Bertz CT molecular complexity index is 337. The lowest BCUT2D eigenvalue weighted by atomic mass is 10.0. The van der Waals surface area contributed by atoms with E-state index >= 15 is 0 Å². The fraction of sp³-hybridized carbons (Fsp3) is 0.600. The van der Waals surface area contributed by atoms with Crippen molar-refractivity contribution in [2.45, 2.75) is 45.7 Å². The third-order valence-electron chi connectivity index (χ3n) is 3.65. The largest absolute Gasteiger partial charge is 0.324 e. The highest BCUT2D eigenvalue weighted by Crippen LogP contribution is 2.16. The highest BCUT2D eigenvalue weighted by atomic mass is 19.1. The predicted octanol–water partition coefficient (Wildman–Crippen LogP) is 3.34. The average Bonchev–Trinajstić information content (AvgIpc) is 2.39. The van der Waals surface area contributed by atoms with Crippen LogP contribution in [0.4, 0.5) is 4.39 Å². The van der Waals surface area contributed by atoms with E-state index in [9.17, 15) is 4.39 Å². The number of nitrogens with zero attached hydrogens (tertiary/aromatic N) is 1. The maximum atomic E-state index is 12.8. The second-order valence-electron chi connectivity index (χ2n) is 4.83. The smallest absolute Gasteiger partial charge is 0.123 e. The van der Waals surface area contributed by atoms with Crippen LogP contribution < -0.4 is 5.73 Å². The van der Waals surface area contributed by atoms with Gasteiger partial charge in [-0.1, -0.05) is 26.0 Å². The molecular formula is C15H25FN2. The molecule has 2 nitrogen and oxygen atoms in total. The van der Waals surface area contributed by atoms with Crippen LogP contribution in [0.3, 0.4) is 0 Å². The van der Waals surface area contributed by atoms with Crippen molar-refractivity contribution in [1.29, 1.82) is 0 Å². The Kier molecular flexibility index (Phi) is 6.30. The molecule has 0 heterocycles. The summed E-state index contributed by atoms with van der Waals surface area (Å²) in [4.78, 5) is 2.43. The van der Waals surface area contributed by atoms with Crippen molar-refractivity contribution in [3.63, 3.8) is 0 Å². The summed E-state index contributed by atoms with van der Waals surface area (Å²) in [6.07, 6.45) is 2.06. The first-order valence-corrected chi connectivity index (χ1v) is 6.83. The van der Waals surface area contributed by atoms with Crippen LogP contribution in [0.5, 0.6) is 0 Å². The molecule has 0 saturated carbocycles. The molecule has 2 N–H and O–H groups in total. The molecule has 0 aliphatic carbocycles. The number of hydrogen-bond donors (Lipinski definition) is 1. The van der Waals surface area contributed by atoms with Crippen LogP contribution in [0.2, 0.25) is 0 Å². The minimum Gasteiger partial charge on any atom is -0.324 e. The lowest BCUT2D eigenvalue weighted by Crippen LogP contribution is -2.34. The summed E-state index contributed by atoms with van der Waals surface area (Å²) in [5, 5.41) is 0. The third-order valence-corrected chi connectivity index (χ3v) is 3.65. The van der Waals surface area contributed by atoms with Crippen molar-refractivity contribution in [2.24, 2.45) is 5.73 Å². The molecule has 2 unspecified atom stereocenters. The fourth-order valence-corrected chi connectivity index (χ4v) is 2.13. The summed E-state index contributed by atoms with van der Waals surface area (Å²) < 4.78 is 12.8. The van der Waals surface area contributed by atoms with Crippen molar-refractivity contribution in [1.82, 2.24) is 4.90 Å². The Balaban J connectivity index is 2.49. The van der Waals surface area contributed by atoms with Gasteiger partial charge in [-0.2, -0.15) is 0 Å². The standard InChI is InChI=1S/C15H25FN2/c1-4-12(3)18(5-2)11-10-15(17)13-6-8-14(16)9-7-13/h6-9,12,15H,4-5,10-11,17H2,1-3H3. The Morgan fingerprint density at radius 2 is 1.83 bits per heavy atom. The van der Waals surface area contributed by atoms with E-state index in [4.69, 9.17) is 5.73 Å². The first-order valence-electron chi connectivity index (χ1n) is 6.83. The summed E-state index contributed by atoms with van der Waals surface area (Å²) in [6, 6.07) is 7.08. The van der Waals surface area contributed by atoms with Crippen molar-refractivity contribution >= 4 is 0 Å². The summed E-state index contributed by atoms with van der Waals surface area (Å²) >= 11 is 0. The molecule has 0 aliphatic rings. The van der Waals surface area contributed by atoms with Crippen molar-refractivity contribution in [2.75, 3.05) is 13.1 Å².